The zero-order valence-corrected chi connectivity index (χ0v) is 28.4. The molecular weight excluding hydrogens is 590 g/mol. The van der Waals surface area contributed by atoms with Gasteiger partial charge in [-0.25, -0.2) is 0 Å². The first-order valence-corrected chi connectivity index (χ1v) is 20.2. The number of nitrogens with one attached hydrogen (secondary N) is 2. The number of aromatic amines is 1. The number of benzene rings is 1. The summed E-state index contributed by atoms with van der Waals surface area (Å²) in [6.07, 6.45) is 6.53. The minimum absolute atomic E-state index is 0.112. The number of rotatable bonds is 9. The van der Waals surface area contributed by atoms with Gasteiger partial charge in [0.15, 0.2) is 11.5 Å². The van der Waals surface area contributed by atoms with E-state index in [2.05, 4.69) is 34.8 Å². The number of fused-ring (bicyclic) bond motifs is 1. The Morgan fingerprint density at radius 3 is 2.45 bits per heavy atom. The third kappa shape index (κ3) is 6.29. The molecule has 1 aromatic carbocycles. The number of carbonyl (C=O) groups excluding carboxylic acids is 1. The molecular formula is C31H44ClN3O5SSi. The van der Waals surface area contributed by atoms with Gasteiger partial charge in [-0.2, -0.15) is 0 Å². The molecule has 0 bridgehead atoms. The van der Waals surface area contributed by atoms with Crippen LogP contribution in [-0.2, 0) is 11.3 Å². The highest BCUT2D eigenvalue weighted by Gasteiger charge is 2.53. The van der Waals surface area contributed by atoms with E-state index in [1.807, 2.05) is 26.2 Å². The first-order chi connectivity index (χ1) is 19.8. The molecule has 1 aliphatic carbocycles. The Labute approximate surface area is 259 Å². The third-order valence-corrected chi connectivity index (χ3v) is 11.6. The molecule has 8 nitrogen and oxygen atoms in total. The van der Waals surface area contributed by atoms with Crippen molar-refractivity contribution < 1.29 is 19.0 Å². The molecule has 0 spiro atoms. The van der Waals surface area contributed by atoms with Crippen molar-refractivity contribution in [2.75, 3.05) is 26.5 Å². The monoisotopic (exact) mass is 633 g/mol. The lowest BCUT2D eigenvalue weighted by molar-refractivity contribution is -0.130. The van der Waals surface area contributed by atoms with E-state index in [4.69, 9.17) is 25.8 Å². The summed E-state index contributed by atoms with van der Waals surface area (Å²) in [6.45, 7) is 12.9. The Hall–Kier alpha value is -1.98. The molecule has 2 aliphatic heterocycles. The second-order valence-corrected chi connectivity index (χ2v) is 20.0. The topological polar surface area (TPSA) is 92.9 Å². The highest BCUT2D eigenvalue weighted by atomic mass is 35.5. The van der Waals surface area contributed by atoms with Crippen molar-refractivity contribution in [3.8, 4) is 11.5 Å². The number of aromatic nitrogens is 1. The maximum atomic E-state index is 13.4. The van der Waals surface area contributed by atoms with Crippen LogP contribution in [-0.4, -0.2) is 68.3 Å². The van der Waals surface area contributed by atoms with Crippen LogP contribution in [0.3, 0.4) is 0 Å². The van der Waals surface area contributed by atoms with Crippen LogP contribution in [0.25, 0.3) is 0 Å². The number of hydrogen-bond donors (Lipinski definition) is 2. The van der Waals surface area contributed by atoms with Gasteiger partial charge in [0.2, 0.25) is 0 Å². The van der Waals surface area contributed by atoms with E-state index in [-0.39, 0.29) is 23.9 Å². The lowest BCUT2D eigenvalue weighted by atomic mass is 9.80. The van der Waals surface area contributed by atoms with E-state index in [9.17, 15) is 9.59 Å². The average Bonchev–Trinajstić information content (AvgIpc) is 3.29. The number of aryl methyl sites for hydroxylation is 1. The molecule has 230 valence electrons. The third-order valence-electron chi connectivity index (χ3n) is 8.93. The Kier molecular flexibility index (Phi) is 9.12. The number of halogens is 1. The number of amides is 1. The number of hydrogen-bond acceptors (Lipinski definition) is 7. The van der Waals surface area contributed by atoms with Crippen molar-refractivity contribution in [2.24, 2.45) is 5.92 Å². The molecule has 3 aliphatic rings. The molecule has 2 aromatic rings. The fourth-order valence-electron chi connectivity index (χ4n) is 6.74. The second kappa shape index (κ2) is 12.2. The van der Waals surface area contributed by atoms with Crippen LogP contribution in [0, 0.1) is 19.8 Å². The van der Waals surface area contributed by atoms with Crippen LogP contribution in [0.5, 0.6) is 11.5 Å². The molecule has 11 heteroatoms. The standard InChI is InChI=1S/C31H44ClN3O5SSi/c1-18-12-26(41-4)24(30(37)34-18)14-33-29(36)23-13-25(32)28-27(19(23)2)39-31(40-28,17-42(5,6)7)20-8-10-21(11-9-20)35-15-22(16-35)38-3/h12-13,20-22H,8-11,14-17H2,1-7H3,(H,33,36)(H,34,37). The zero-order chi connectivity index (χ0) is 30.4. The number of methoxy groups -OCH3 is 1. The van der Waals surface area contributed by atoms with Crippen LogP contribution in [0.1, 0.15) is 52.9 Å². The van der Waals surface area contributed by atoms with E-state index in [0.29, 0.717) is 45.4 Å². The van der Waals surface area contributed by atoms with Gasteiger partial charge in [0.25, 0.3) is 17.3 Å². The van der Waals surface area contributed by atoms with Crippen molar-refractivity contribution in [1.29, 1.82) is 0 Å². The van der Waals surface area contributed by atoms with Gasteiger partial charge in [-0.15, -0.1) is 11.8 Å². The zero-order valence-electron chi connectivity index (χ0n) is 25.8. The first-order valence-electron chi connectivity index (χ1n) is 14.9. The highest BCUT2D eigenvalue weighted by Crippen LogP contribution is 2.54. The summed E-state index contributed by atoms with van der Waals surface area (Å²) in [7, 11) is 0.153. The molecule has 1 unspecified atom stereocenters. The van der Waals surface area contributed by atoms with Gasteiger partial charge in [0.1, 0.15) is 0 Å². The summed E-state index contributed by atoms with van der Waals surface area (Å²) in [5, 5.41) is 3.30. The Balaban J connectivity index is 1.36. The Bertz CT molecular complexity index is 1400. The van der Waals surface area contributed by atoms with E-state index < -0.39 is 13.9 Å². The van der Waals surface area contributed by atoms with Crippen LogP contribution in [0.15, 0.2) is 21.8 Å². The molecule has 1 saturated carbocycles. The SMILES string of the molecule is COC1CN(C2CCC(C3(C[Si](C)(C)C)Oc4c(Cl)cc(C(=O)NCc5c(SC)cc(C)[nH]c5=O)c(C)c4O3)CC2)C1. The lowest BCUT2D eigenvalue weighted by Gasteiger charge is -2.48. The molecule has 3 heterocycles. The fourth-order valence-corrected chi connectivity index (χ4v) is 9.59. The number of carbonyl (C=O) groups is 1. The molecule has 1 atom stereocenters. The fraction of sp³-hybridized carbons (Fsp3) is 0.613. The Morgan fingerprint density at radius 2 is 1.83 bits per heavy atom. The Morgan fingerprint density at radius 1 is 1.17 bits per heavy atom. The summed E-state index contributed by atoms with van der Waals surface area (Å²) >= 11 is 8.29. The quantitative estimate of drug-likeness (QED) is 0.259. The highest BCUT2D eigenvalue weighted by molar-refractivity contribution is 7.98. The van der Waals surface area contributed by atoms with Gasteiger partial charge in [-0.1, -0.05) is 31.2 Å². The van der Waals surface area contributed by atoms with Gasteiger partial charge in [-0.05, 0) is 57.9 Å². The lowest BCUT2D eigenvalue weighted by Crippen LogP contribution is -2.58. The van der Waals surface area contributed by atoms with Crippen LogP contribution < -0.4 is 20.3 Å². The van der Waals surface area contributed by atoms with Crippen molar-refractivity contribution in [3.63, 3.8) is 0 Å². The van der Waals surface area contributed by atoms with Crippen LogP contribution >= 0.6 is 23.4 Å². The van der Waals surface area contributed by atoms with E-state index in [1.54, 1.807) is 13.2 Å². The van der Waals surface area contributed by atoms with E-state index in [1.165, 1.54) is 11.8 Å². The predicted octanol–water partition coefficient (Wildman–Crippen LogP) is 5.99. The molecule has 1 aromatic heterocycles. The maximum absolute atomic E-state index is 13.4. The molecule has 0 radical (unpaired) electrons. The maximum Gasteiger partial charge on any atom is 0.254 e. The second-order valence-electron chi connectivity index (χ2n) is 13.3. The van der Waals surface area contributed by atoms with Crippen LogP contribution in [0.2, 0.25) is 30.7 Å². The molecule has 5 rings (SSSR count). The van der Waals surface area contributed by atoms with Crippen LogP contribution in [0.4, 0.5) is 0 Å². The smallest absolute Gasteiger partial charge is 0.254 e. The van der Waals surface area contributed by atoms with E-state index >= 15 is 0 Å². The van der Waals surface area contributed by atoms with Gasteiger partial charge in [-0.3, -0.25) is 14.5 Å². The number of ether oxygens (including phenoxy) is 3. The van der Waals surface area contributed by atoms with Crippen molar-refractivity contribution in [1.82, 2.24) is 15.2 Å². The number of nitrogens with zero attached hydrogens (tertiary/aromatic N) is 1. The number of pyridine rings is 1. The van der Waals surface area contributed by atoms with Gasteiger partial charge >= 0.3 is 0 Å². The van der Waals surface area contributed by atoms with Crippen molar-refractivity contribution >= 4 is 37.3 Å². The number of likely N-dealkylation sites (tertiary alicyclic amines) is 1. The summed E-state index contributed by atoms with van der Waals surface area (Å²) in [5.41, 5.74) is 2.25. The van der Waals surface area contributed by atoms with Gasteiger partial charge in [0, 0.05) is 72.0 Å². The summed E-state index contributed by atoms with van der Waals surface area (Å²) in [4.78, 5) is 32.3. The molecule has 2 fully saturated rings. The molecule has 42 heavy (non-hydrogen) atoms. The normalized spacial score (nSPS) is 24.5. The number of thioether (sulfide) groups is 1. The summed E-state index contributed by atoms with van der Waals surface area (Å²) < 4.78 is 19.1. The van der Waals surface area contributed by atoms with Crippen molar-refractivity contribution in [3.05, 3.63) is 49.9 Å². The van der Waals surface area contributed by atoms with Gasteiger partial charge < -0.3 is 24.5 Å². The van der Waals surface area contributed by atoms with Gasteiger partial charge in [0.05, 0.1) is 19.2 Å². The predicted molar refractivity (Wildman–Crippen MR) is 171 cm³/mol. The number of H-pyrrole nitrogens is 1. The minimum atomic E-state index is -1.64. The summed E-state index contributed by atoms with van der Waals surface area (Å²) in [5.74, 6) is 0.250. The molecule has 1 amide bonds. The molecule has 1 saturated heterocycles. The minimum Gasteiger partial charge on any atom is -0.448 e. The largest absolute Gasteiger partial charge is 0.448 e. The van der Waals surface area contributed by atoms with Crippen molar-refractivity contribution in [2.45, 2.75) is 94.6 Å². The molecule has 2 N–H and O–H groups in total. The first kappa shape index (κ1) is 31.4. The van der Waals surface area contributed by atoms with E-state index in [0.717, 1.165) is 55.4 Å². The average molecular weight is 634 g/mol. The summed E-state index contributed by atoms with van der Waals surface area (Å²) in [6, 6.07) is 5.00.